The van der Waals surface area contributed by atoms with Crippen molar-refractivity contribution >= 4 is 23.7 Å². The monoisotopic (exact) mass is 452 g/mol. The Labute approximate surface area is 192 Å². The zero-order valence-electron chi connectivity index (χ0n) is 19.5. The largest absolute Gasteiger partial charge is 0.462 e. The lowest BCUT2D eigenvalue weighted by molar-refractivity contribution is -0.147. The standard InChI is InChI=1S/C24H28N4O5/c1-6-32-24(31)20-12-17(4)27(18(20)5)13-23(30)33-14-22(29)25-21-11-16(3)26-28(21)19-9-7-15(2)8-10-19/h7-12H,6,13-14H2,1-5H3,(H,25,29). The van der Waals surface area contributed by atoms with Crippen molar-refractivity contribution in [1.82, 2.24) is 14.3 Å². The van der Waals surface area contributed by atoms with Crippen LogP contribution < -0.4 is 5.32 Å². The average molecular weight is 453 g/mol. The van der Waals surface area contributed by atoms with Crippen molar-refractivity contribution in [2.75, 3.05) is 18.5 Å². The molecule has 174 valence electrons. The van der Waals surface area contributed by atoms with Gasteiger partial charge in [-0.15, -0.1) is 0 Å². The number of hydrogen-bond acceptors (Lipinski definition) is 6. The van der Waals surface area contributed by atoms with Gasteiger partial charge in [0.2, 0.25) is 0 Å². The Hall–Kier alpha value is -3.88. The Kier molecular flexibility index (Phi) is 7.32. The van der Waals surface area contributed by atoms with Crippen LogP contribution in [0, 0.1) is 27.7 Å². The van der Waals surface area contributed by atoms with Gasteiger partial charge in [0.1, 0.15) is 12.4 Å². The second-order valence-electron chi connectivity index (χ2n) is 7.72. The lowest BCUT2D eigenvalue weighted by Gasteiger charge is -2.11. The number of nitrogens with zero attached hydrogens (tertiary/aromatic N) is 3. The Morgan fingerprint density at radius 3 is 2.36 bits per heavy atom. The van der Waals surface area contributed by atoms with Crippen LogP contribution in [-0.4, -0.2) is 45.4 Å². The van der Waals surface area contributed by atoms with E-state index in [2.05, 4.69) is 10.4 Å². The van der Waals surface area contributed by atoms with Gasteiger partial charge in [0.25, 0.3) is 5.91 Å². The Balaban J connectivity index is 1.61. The molecule has 1 N–H and O–H groups in total. The Bertz CT molecular complexity index is 1170. The van der Waals surface area contributed by atoms with E-state index in [1.165, 1.54) is 0 Å². The van der Waals surface area contributed by atoms with E-state index in [-0.39, 0.29) is 13.2 Å². The summed E-state index contributed by atoms with van der Waals surface area (Å²) in [6.07, 6.45) is 0. The molecule has 1 aromatic carbocycles. The summed E-state index contributed by atoms with van der Waals surface area (Å²) in [6, 6.07) is 11.1. The van der Waals surface area contributed by atoms with Gasteiger partial charge in [-0.3, -0.25) is 9.59 Å². The zero-order chi connectivity index (χ0) is 24.1. The molecule has 0 saturated heterocycles. The van der Waals surface area contributed by atoms with Gasteiger partial charge < -0.3 is 19.4 Å². The molecule has 0 saturated carbocycles. The number of hydrogen-bond donors (Lipinski definition) is 1. The molecule has 9 nitrogen and oxygen atoms in total. The van der Waals surface area contributed by atoms with E-state index in [1.807, 2.05) is 38.1 Å². The van der Waals surface area contributed by atoms with E-state index in [9.17, 15) is 14.4 Å². The van der Waals surface area contributed by atoms with Gasteiger partial charge in [0.15, 0.2) is 6.61 Å². The van der Waals surface area contributed by atoms with Gasteiger partial charge in [0.05, 0.1) is 23.6 Å². The van der Waals surface area contributed by atoms with Crippen LogP contribution in [0.2, 0.25) is 0 Å². The first kappa shape index (κ1) is 23.8. The van der Waals surface area contributed by atoms with Gasteiger partial charge in [-0.2, -0.15) is 5.10 Å². The number of rotatable bonds is 8. The van der Waals surface area contributed by atoms with E-state index in [0.29, 0.717) is 17.1 Å². The highest BCUT2D eigenvalue weighted by molar-refractivity contribution is 5.93. The van der Waals surface area contributed by atoms with Gasteiger partial charge in [0, 0.05) is 17.5 Å². The SMILES string of the molecule is CCOC(=O)c1cc(C)n(CC(=O)OCC(=O)Nc2cc(C)nn2-c2ccc(C)cc2)c1C. The molecule has 0 fully saturated rings. The van der Waals surface area contributed by atoms with Crippen molar-refractivity contribution in [3.05, 3.63) is 64.6 Å². The first-order valence-corrected chi connectivity index (χ1v) is 10.6. The third-order valence-corrected chi connectivity index (χ3v) is 5.10. The summed E-state index contributed by atoms with van der Waals surface area (Å²) in [5.41, 5.74) is 4.37. The molecular formula is C24H28N4O5. The molecule has 33 heavy (non-hydrogen) atoms. The molecule has 1 amide bonds. The zero-order valence-corrected chi connectivity index (χ0v) is 19.5. The van der Waals surface area contributed by atoms with Crippen LogP contribution in [0.1, 0.15) is 39.9 Å². The lowest BCUT2D eigenvalue weighted by atomic mass is 10.2. The molecule has 0 aliphatic rings. The molecule has 0 bridgehead atoms. The Morgan fingerprint density at radius 2 is 1.70 bits per heavy atom. The average Bonchev–Trinajstić information content (AvgIpc) is 3.27. The van der Waals surface area contributed by atoms with E-state index < -0.39 is 24.5 Å². The van der Waals surface area contributed by atoms with Crippen LogP contribution in [0.5, 0.6) is 0 Å². The number of amides is 1. The number of nitrogens with one attached hydrogen (secondary N) is 1. The molecule has 2 heterocycles. The molecule has 0 atom stereocenters. The molecule has 0 aliphatic carbocycles. The second-order valence-corrected chi connectivity index (χ2v) is 7.72. The summed E-state index contributed by atoms with van der Waals surface area (Å²) >= 11 is 0. The maximum absolute atomic E-state index is 12.4. The predicted octanol–water partition coefficient (Wildman–Crippen LogP) is 3.27. The van der Waals surface area contributed by atoms with E-state index in [0.717, 1.165) is 22.6 Å². The minimum absolute atomic E-state index is 0.120. The van der Waals surface area contributed by atoms with E-state index in [1.54, 1.807) is 42.2 Å². The van der Waals surface area contributed by atoms with Gasteiger partial charge in [-0.1, -0.05) is 17.7 Å². The van der Waals surface area contributed by atoms with Crippen molar-refractivity contribution in [3.63, 3.8) is 0 Å². The molecule has 2 aromatic heterocycles. The third kappa shape index (κ3) is 5.68. The minimum Gasteiger partial charge on any atom is -0.462 e. The van der Waals surface area contributed by atoms with Crippen molar-refractivity contribution in [1.29, 1.82) is 0 Å². The second kappa shape index (κ2) is 10.2. The maximum atomic E-state index is 12.4. The van der Waals surface area contributed by atoms with Crippen LogP contribution in [-0.2, 0) is 25.6 Å². The van der Waals surface area contributed by atoms with Gasteiger partial charge >= 0.3 is 11.9 Å². The molecule has 0 unspecified atom stereocenters. The van der Waals surface area contributed by atoms with Crippen molar-refractivity contribution in [2.24, 2.45) is 0 Å². The highest BCUT2D eigenvalue weighted by Gasteiger charge is 2.19. The van der Waals surface area contributed by atoms with E-state index >= 15 is 0 Å². The molecule has 0 aliphatic heterocycles. The van der Waals surface area contributed by atoms with Gasteiger partial charge in [-0.25, -0.2) is 9.48 Å². The highest BCUT2D eigenvalue weighted by Crippen LogP contribution is 2.18. The fourth-order valence-corrected chi connectivity index (χ4v) is 3.43. The maximum Gasteiger partial charge on any atom is 0.339 e. The van der Waals surface area contributed by atoms with Crippen LogP contribution in [0.3, 0.4) is 0 Å². The topological polar surface area (TPSA) is 104 Å². The molecule has 3 aromatic rings. The fourth-order valence-electron chi connectivity index (χ4n) is 3.43. The summed E-state index contributed by atoms with van der Waals surface area (Å²) in [5, 5.41) is 7.15. The number of esters is 2. The number of ether oxygens (including phenoxy) is 2. The van der Waals surface area contributed by atoms with Crippen LogP contribution in [0.25, 0.3) is 5.69 Å². The number of carbonyl (C=O) groups is 3. The molecule has 9 heteroatoms. The smallest absolute Gasteiger partial charge is 0.339 e. The number of aryl methyl sites for hydroxylation is 3. The predicted molar refractivity (Wildman–Crippen MR) is 122 cm³/mol. The first-order chi connectivity index (χ1) is 15.7. The Morgan fingerprint density at radius 1 is 1.00 bits per heavy atom. The van der Waals surface area contributed by atoms with Gasteiger partial charge in [-0.05, 0) is 52.8 Å². The fraction of sp³-hybridized carbons (Fsp3) is 0.333. The highest BCUT2D eigenvalue weighted by atomic mass is 16.5. The number of benzene rings is 1. The van der Waals surface area contributed by atoms with Crippen LogP contribution >= 0.6 is 0 Å². The number of aromatic nitrogens is 3. The lowest BCUT2D eigenvalue weighted by Crippen LogP contribution is -2.24. The normalized spacial score (nSPS) is 10.7. The van der Waals surface area contributed by atoms with E-state index in [4.69, 9.17) is 9.47 Å². The summed E-state index contributed by atoms with van der Waals surface area (Å²) in [5.74, 6) is -1.03. The van der Waals surface area contributed by atoms with Crippen molar-refractivity contribution in [3.8, 4) is 5.69 Å². The van der Waals surface area contributed by atoms with Crippen molar-refractivity contribution in [2.45, 2.75) is 41.2 Å². The minimum atomic E-state index is -0.592. The molecule has 0 radical (unpaired) electrons. The van der Waals surface area contributed by atoms with Crippen molar-refractivity contribution < 1.29 is 23.9 Å². The molecule has 3 rings (SSSR count). The molecular weight excluding hydrogens is 424 g/mol. The van der Waals surface area contributed by atoms with Crippen LogP contribution in [0.15, 0.2) is 36.4 Å². The quantitative estimate of drug-likeness (QED) is 0.526. The number of carbonyl (C=O) groups excluding carboxylic acids is 3. The summed E-state index contributed by atoms with van der Waals surface area (Å²) in [7, 11) is 0. The number of anilines is 1. The summed E-state index contributed by atoms with van der Waals surface area (Å²) in [4.78, 5) is 36.8. The van der Waals surface area contributed by atoms with Crippen LogP contribution in [0.4, 0.5) is 5.82 Å². The summed E-state index contributed by atoms with van der Waals surface area (Å²) < 4.78 is 13.5. The third-order valence-electron chi connectivity index (χ3n) is 5.10. The first-order valence-electron chi connectivity index (χ1n) is 10.6. The molecule has 0 spiro atoms. The summed E-state index contributed by atoms with van der Waals surface area (Å²) in [6.45, 7) is 8.76.